The summed E-state index contributed by atoms with van der Waals surface area (Å²) in [4.78, 5) is 22.2. The molecule has 1 aliphatic heterocycles. The minimum Gasteiger partial charge on any atom is -0.490 e. The van der Waals surface area contributed by atoms with Crippen LogP contribution in [0.5, 0.6) is 5.75 Å². The molecule has 1 aliphatic rings. The Balaban J connectivity index is 1.41. The lowest BCUT2D eigenvalue weighted by Crippen LogP contribution is -2.37. The zero-order valence-corrected chi connectivity index (χ0v) is 24.2. The van der Waals surface area contributed by atoms with Gasteiger partial charge in [0.15, 0.2) is 32.4 Å². The number of aromatic nitrogens is 4. The van der Waals surface area contributed by atoms with E-state index in [1.165, 1.54) is 43.1 Å². The molecule has 0 unspecified atom stereocenters. The Labute approximate surface area is 244 Å². The highest BCUT2D eigenvalue weighted by atomic mass is 32.2. The van der Waals surface area contributed by atoms with Crippen molar-refractivity contribution in [2.75, 3.05) is 43.6 Å². The molecule has 0 atom stereocenters. The van der Waals surface area contributed by atoms with Crippen molar-refractivity contribution in [3.63, 3.8) is 0 Å². The number of hydrogen-bond donors (Lipinski definition) is 2. The first-order valence-electron chi connectivity index (χ1n) is 12.6. The summed E-state index contributed by atoms with van der Waals surface area (Å²) >= 11 is 1.21. The van der Waals surface area contributed by atoms with Crippen LogP contribution in [0.1, 0.15) is 11.3 Å². The van der Waals surface area contributed by atoms with E-state index in [1.807, 2.05) is 17.9 Å². The molecule has 220 valence electrons. The van der Waals surface area contributed by atoms with Gasteiger partial charge in [0.25, 0.3) is 0 Å². The fourth-order valence-electron chi connectivity index (χ4n) is 4.26. The number of aromatic amines is 1. The van der Waals surface area contributed by atoms with E-state index < -0.39 is 32.0 Å². The number of benzene rings is 2. The monoisotopic (exact) mass is 615 g/mol. The van der Waals surface area contributed by atoms with Gasteiger partial charge in [0.1, 0.15) is 0 Å². The van der Waals surface area contributed by atoms with Crippen molar-refractivity contribution in [2.24, 2.45) is 0 Å². The second kappa shape index (κ2) is 12.3. The molecule has 1 fully saturated rings. The van der Waals surface area contributed by atoms with Crippen molar-refractivity contribution in [3.05, 3.63) is 75.7 Å². The van der Waals surface area contributed by atoms with Crippen LogP contribution in [0.25, 0.3) is 0 Å². The fourth-order valence-corrected chi connectivity index (χ4v) is 6.36. The molecule has 4 aromatic rings. The second-order valence-corrected chi connectivity index (χ2v) is 12.2. The van der Waals surface area contributed by atoms with E-state index in [2.05, 4.69) is 20.5 Å². The normalized spacial score (nSPS) is 13.6. The van der Waals surface area contributed by atoms with E-state index >= 15 is 0 Å². The number of halogens is 1. The Hall–Kier alpha value is -4.28. The van der Waals surface area contributed by atoms with Crippen molar-refractivity contribution in [1.82, 2.24) is 20.2 Å². The molecule has 0 bridgehead atoms. The van der Waals surface area contributed by atoms with E-state index in [1.54, 1.807) is 12.1 Å². The molecule has 42 heavy (non-hydrogen) atoms. The average Bonchev–Trinajstić information content (AvgIpc) is 3.38. The third kappa shape index (κ3) is 6.45. The second-order valence-electron chi connectivity index (χ2n) is 9.21. The first-order chi connectivity index (χ1) is 20.1. The van der Waals surface area contributed by atoms with Crippen LogP contribution in [-0.2, 0) is 20.3 Å². The van der Waals surface area contributed by atoms with Gasteiger partial charge in [-0.15, -0.1) is 0 Å². The van der Waals surface area contributed by atoms with Gasteiger partial charge in [0.05, 0.1) is 35.9 Å². The van der Waals surface area contributed by atoms with E-state index in [4.69, 9.17) is 14.5 Å². The molecule has 2 aromatic heterocycles. The number of nitro benzene ring substituents is 1. The van der Waals surface area contributed by atoms with Crippen molar-refractivity contribution in [1.29, 1.82) is 0 Å². The van der Waals surface area contributed by atoms with Crippen molar-refractivity contribution in [2.45, 2.75) is 27.6 Å². The number of aryl methyl sites for hydroxylation is 1. The largest absolute Gasteiger partial charge is 0.490 e. The molecule has 0 spiro atoms. The molecule has 1 saturated heterocycles. The minimum absolute atomic E-state index is 0.0568. The van der Waals surface area contributed by atoms with Crippen LogP contribution < -0.4 is 15.0 Å². The Morgan fingerprint density at radius 2 is 1.93 bits per heavy atom. The van der Waals surface area contributed by atoms with Crippen molar-refractivity contribution < 1.29 is 27.2 Å². The number of H-pyrrole nitrogens is 1. The third-order valence-electron chi connectivity index (χ3n) is 6.29. The summed E-state index contributed by atoms with van der Waals surface area (Å²) < 4.78 is 51.7. The van der Waals surface area contributed by atoms with E-state index in [0.29, 0.717) is 59.6 Å². The Morgan fingerprint density at radius 1 is 1.19 bits per heavy atom. The van der Waals surface area contributed by atoms with Crippen LogP contribution in [0.3, 0.4) is 0 Å². The highest BCUT2D eigenvalue weighted by Crippen LogP contribution is 2.38. The van der Waals surface area contributed by atoms with Gasteiger partial charge in [0, 0.05) is 41.4 Å². The van der Waals surface area contributed by atoms with Crippen LogP contribution in [0, 0.1) is 22.9 Å². The maximum Gasteiger partial charge on any atom is 0.305 e. The number of anilines is 3. The van der Waals surface area contributed by atoms with Gasteiger partial charge in [-0.25, -0.2) is 18.4 Å². The smallest absolute Gasteiger partial charge is 0.305 e. The van der Waals surface area contributed by atoms with Gasteiger partial charge in [-0.1, -0.05) is 12.1 Å². The lowest BCUT2D eigenvalue weighted by Gasteiger charge is -2.29. The van der Waals surface area contributed by atoms with Gasteiger partial charge in [-0.3, -0.25) is 15.2 Å². The van der Waals surface area contributed by atoms with Crippen LogP contribution in [0.15, 0.2) is 63.5 Å². The number of methoxy groups -OCH3 is 1. The molecule has 16 heteroatoms. The van der Waals surface area contributed by atoms with Crippen LogP contribution >= 0.6 is 11.8 Å². The molecule has 5 rings (SSSR count). The number of ether oxygens (including phenoxy) is 2. The molecule has 0 aliphatic carbocycles. The predicted molar refractivity (Wildman–Crippen MR) is 153 cm³/mol. The summed E-state index contributed by atoms with van der Waals surface area (Å²) in [7, 11) is -2.46. The fraction of sp³-hybridized carbons (Fsp3) is 0.269. The first-order valence-corrected chi connectivity index (χ1v) is 15.1. The molecule has 2 N–H and O–H groups in total. The summed E-state index contributed by atoms with van der Waals surface area (Å²) in [5, 5.41) is 21.7. The standard InChI is InChI=1S/C26H26FN7O6S2/c1-16-14-21(32-31-16)28-24-23(39-2)25(33-10-12-40-13-11-33)30-26(29-24)41-18-6-8-19(9-7-18)42(37,38)15-17-4-3-5-20(22(17)27)34(35)36/h3-9,14H,10-13,15H2,1-2H3,(H2,28,29,30,31,32). The molecule has 0 saturated carbocycles. The molecular formula is C26H26FN7O6S2. The molecular weight excluding hydrogens is 589 g/mol. The highest BCUT2D eigenvalue weighted by molar-refractivity contribution is 7.99. The summed E-state index contributed by atoms with van der Waals surface area (Å²) in [6.45, 7) is 4.16. The molecule has 3 heterocycles. The van der Waals surface area contributed by atoms with Gasteiger partial charge in [-0.2, -0.15) is 9.49 Å². The Kier molecular flexibility index (Phi) is 8.56. The lowest BCUT2D eigenvalue weighted by atomic mass is 10.2. The zero-order valence-electron chi connectivity index (χ0n) is 22.5. The Morgan fingerprint density at radius 3 is 2.57 bits per heavy atom. The van der Waals surface area contributed by atoms with E-state index in [-0.39, 0.29) is 10.5 Å². The van der Waals surface area contributed by atoms with Crippen molar-refractivity contribution >= 4 is 44.7 Å². The van der Waals surface area contributed by atoms with Gasteiger partial charge < -0.3 is 19.7 Å². The average molecular weight is 616 g/mol. The topological polar surface area (TPSA) is 165 Å². The number of sulfone groups is 1. The van der Waals surface area contributed by atoms with Crippen LogP contribution in [0.4, 0.5) is 27.5 Å². The van der Waals surface area contributed by atoms with Gasteiger partial charge >= 0.3 is 5.69 Å². The summed E-state index contributed by atoms with van der Waals surface area (Å²) in [5.74, 6) is 0.0757. The van der Waals surface area contributed by atoms with Gasteiger partial charge in [-0.05, 0) is 43.0 Å². The Bertz CT molecular complexity index is 1710. The zero-order chi connectivity index (χ0) is 29.9. The summed E-state index contributed by atoms with van der Waals surface area (Å²) in [5.41, 5.74) is -0.199. The quantitative estimate of drug-likeness (QED) is 0.148. The number of rotatable bonds is 10. The van der Waals surface area contributed by atoms with Crippen LogP contribution in [0.2, 0.25) is 0 Å². The van der Waals surface area contributed by atoms with Crippen molar-refractivity contribution in [3.8, 4) is 5.75 Å². The first kappa shape index (κ1) is 29.2. The number of nitrogens with zero attached hydrogens (tertiary/aromatic N) is 5. The number of morpholine rings is 1. The number of nitro groups is 1. The number of nitrogens with one attached hydrogen (secondary N) is 2. The number of hydrogen-bond acceptors (Lipinski definition) is 12. The molecule has 0 amide bonds. The SMILES string of the molecule is COc1c(Nc2cc(C)[nH]n2)nc(Sc2ccc(S(=O)(=O)Cc3cccc([N+](=O)[O-])c3F)cc2)nc1N1CCOCC1. The highest BCUT2D eigenvalue weighted by Gasteiger charge is 2.25. The maximum atomic E-state index is 14.5. The molecule has 13 nitrogen and oxygen atoms in total. The lowest BCUT2D eigenvalue weighted by molar-refractivity contribution is -0.387. The third-order valence-corrected chi connectivity index (χ3v) is 8.84. The minimum atomic E-state index is -4.00. The molecule has 0 radical (unpaired) electrons. The van der Waals surface area contributed by atoms with E-state index in [0.717, 1.165) is 11.8 Å². The summed E-state index contributed by atoms with van der Waals surface area (Å²) in [6.07, 6.45) is 0. The maximum absolute atomic E-state index is 14.5. The molecule has 2 aromatic carbocycles. The van der Waals surface area contributed by atoms with E-state index in [9.17, 15) is 22.9 Å². The predicted octanol–water partition coefficient (Wildman–Crippen LogP) is 4.27. The van der Waals surface area contributed by atoms with Crippen LogP contribution in [-0.4, -0.2) is 66.9 Å². The van der Waals surface area contributed by atoms with Gasteiger partial charge in [0.2, 0.25) is 11.6 Å². The summed E-state index contributed by atoms with van der Waals surface area (Å²) in [6, 6.07) is 11.2.